The van der Waals surface area contributed by atoms with E-state index >= 15 is 0 Å². The molecule has 0 bridgehead atoms. The molecule has 2 aromatic rings. The van der Waals surface area contributed by atoms with Gasteiger partial charge in [0.1, 0.15) is 5.75 Å². The smallest absolute Gasteiger partial charge is 0.255 e. The van der Waals surface area contributed by atoms with Crippen LogP contribution in [0.2, 0.25) is 0 Å². The van der Waals surface area contributed by atoms with Crippen LogP contribution in [-0.2, 0) is 5.54 Å². The van der Waals surface area contributed by atoms with Crippen LogP contribution in [-0.4, -0.2) is 48.2 Å². The number of hydrogen-bond donors (Lipinski definition) is 0. The first kappa shape index (κ1) is 18.4. The highest BCUT2D eigenvalue weighted by Gasteiger charge is 2.30. The van der Waals surface area contributed by atoms with Crippen molar-refractivity contribution in [2.45, 2.75) is 39.3 Å². The quantitative estimate of drug-likeness (QED) is 0.844. The van der Waals surface area contributed by atoms with Gasteiger partial charge in [-0.3, -0.25) is 4.79 Å². The van der Waals surface area contributed by atoms with Crippen LogP contribution >= 0.6 is 0 Å². The first-order chi connectivity index (χ1) is 12.3. The maximum atomic E-state index is 13.0. The largest absolute Gasteiger partial charge is 0.495 e. The molecule has 140 valence electrons. The number of benzene rings is 1. The molecule has 0 aliphatic carbocycles. The van der Waals surface area contributed by atoms with E-state index in [1.807, 2.05) is 41.6 Å². The van der Waals surface area contributed by atoms with Gasteiger partial charge >= 0.3 is 0 Å². The van der Waals surface area contributed by atoms with Crippen molar-refractivity contribution in [3.8, 4) is 5.75 Å². The number of nitrogens with zero attached hydrogens (tertiary/aromatic N) is 3. The van der Waals surface area contributed by atoms with E-state index in [4.69, 9.17) is 4.74 Å². The molecule has 0 N–H and O–H groups in total. The first-order valence-electron chi connectivity index (χ1n) is 9.18. The molecule has 2 heterocycles. The third-order valence-electron chi connectivity index (χ3n) is 5.03. The summed E-state index contributed by atoms with van der Waals surface area (Å²) in [6.45, 7) is 10.8. The van der Waals surface area contributed by atoms with Gasteiger partial charge in [-0.2, -0.15) is 0 Å². The van der Waals surface area contributed by atoms with E-state index in [2.05, 4.69) is 43.2 Å². The third kappa shape index (κ3) is 3.57. The standard InChI is InChI=1S/C21H29N3O2/c1-16-14-22(18-8-6-7-9-19(18)26-5)12-13-24(16)20(25)17-10-11-23(15-17)21(2,3)4/h6-11,15-16H,12-14H2,1-5H3. The second kappa shape index (κ2) is 7.06. The zero-order valence-electron chi connectivity index (χ0n) is 16.4. The lowest BCUT2D eigenvalue weighted by Crippen LogP contribution is -2.54. The molecule has 1 saturated heterocycles. The summed E-state index contributed by atoms with van der Waals surface area (Å²) in [6, 6.07) is 10.1. The summed E-state index contributed by atoms with van der Waals surface area (Å²) in [5.74, 6) is 0.988. The summed E-state index contributed by atoms with van der Waals surface area (Å²) in [4.78, 5) is 17.3. The molecule has 5 nitrogen and oxygen atoms in total. The number of methoxy groups -OCH3 is 1. The number of carbonyl (C=O) groups is 1. The van der Waals surface area contributed by atoms with Crippen LogP contribution in [0.1, 0.15) is 38.1 Å². The molecule has 1 aliphatic heterocycles. The first-order valence-corrected chi connectivity index (χ1v) is 9.18. The van der Waals surface area contributed by atoms with Crippen LogP contribution in [0.3, 0.4) is 0 Å². The SMILES string of the molecule is COc1ccccc1N1CCN(C(=O)c2ccn(C(C)(C)C)c2)C(C)C1. The molecule has 1 atom stereocenters. The van der Waals surface area contributed by atoms with Crippen LogP contribution in [0.15, 0.2) is 42.7 Å². The Morgan fingerprint density at radius 3 is 2.50 bits per heavy atom. The third-order valence-corrected chi connectivity index (χ3v) is 5.03. The van der Waals surface area contributed by atoms with E-state index in [-0.39, 0.29) is 17.5 Å². The summed E-state index contributed by atoms with van der Waals surface area (Å²) in [5, 5.41) is 0. The van der Waals surface area contributed by atoms with Crippen LogP contribution in [0.25, 0.3) is 0 Å². The van der Waals surface area contributed by atoms with Gasteiger partial charge in [-0.05, 0) is 45.9 Å². The molecule has 5 heteroatoms. The number of anilines is 1. The molecule has 1 unspecified atom stereocenters. The lowest BCUT2D eigenvalue weighted by molar-refractivity contribution is 0.0674. The number of aromatic nitrogens is 1. The summed E-state index contributed by atoms with van der Waals surface area (Å²) >= 11 is 0. The minimum atomic E-state index is -0.0211. The van der Waals surface area contributed by atoms with Crippen molar-refractivity contribution in [2.24, 2.45) is 0 Å². The number of amides is 1. The summed E-state index contributed by atoms with van der Waals surface area (Å²) in [5.41, 5.74) is 1.83. The number of piperazine rings is 1. The monoisotopic (exact) mass is 355 g/mol. The Labute approximate surface area is 156 Å². The molecule has 1 fully saturated rings. The van der Waals surface area contributed by atoms with Gasteiger partial charge in [0.15, 0.2) is 0 Å². The topological polar surface area (TPSA) is 37.7 Å². The molecular formula is C21H29N3O2. The minimum Gasteiger partial charge on any atom is -0.495 e. The normalized spacial score (nSPS) is 18.1. The molecule has 3 rings (SSSR count). The van der Waals surface area contributed by atoms with Crippen molar-refractivity contribution >= 4 is 11.6 Å². The van der Waals surface area contributed by atoms with Gasteiger partial charge in [0.05, 0.1) is 18.4 Å². The number of ether oxygens (including phenoxy) is 1. The van der Waals surface area contributed by atoms with Gasteiger partial charge in [0.25, 0.3) is 5.91 Å². The highest BCUT2D eigenvalue weighted by atomic mass is 16.5. The van der Waals surface area contributed by atoms with Gasteiger partial charge in [-0.15, -0.1) is 0 Å². The fourth-order valence-corrected chi connectivity index (χ4v) is 3.48. The fraction of sp³-hybridized carbons (Fsp3) is 0.476. The summed E-state index contributed by atoms with van der Waals surface area (Å²) < 4.78 is 7.58. The van der Waals surface area contributed by atoms with Gasteiger partial charge in [-0.1, -0.05) is 12.1 Å². The maximum Gasteiger partial charge on any atom is 0.255 e. The minimum absolute atomic E-state index is 0.0211. The lowest BCUT2D eigenvalue weighted by Gasteiger charge is -2.41. The van der Waals surface area contributed by atoms with Crippen LogP contribution < -0.4 is 9.64 Å². The van der Waals surface area contributed by atoms with E-state index in [1.165, 1.54) is 0 Å². The van der Waals surface area contributed by atoms with E-state index in [0.29, 0.717) is 6.54 Å². The molecule has 0 spiro atoms. The van der Waals surface area contributed by atoms with Gasteiger partial charge in [0.2, 0.25) is 0 Å². The lowest BCUT2D eigenvalue weighted by atomic mass is 10.1. The van der Waals surface area contributed by atoms with Crippen molar-refractivity contribution in [3.05, 3.63) is 48.3 Å². The molecule has 1 aromatic heterocycles. The maximum absolute atomic E-state index is 13.0. The molecule has 1 aromatic carbocycles. The molecule has 26 heavy (non-hydrogen) atoms. The highest BCUT2D eigenvalue weighted by molar-refractivity contribution is 5.94. The van der Waals surface area contributed by atoms with E-state index in [0.717, 1.165) is 30.1 Å². The zero-order chi connectivity index (χ0) is 18.9. The summed E-state index contributed by atoms with van der Waals surface area (Å²) in [6.07, 6.45) is 3.95. The van der Waals surface area contributed by atoms with E-state index in [9.17, 15) is 4.79 Å². The Morgan fingerprint density at radius 1 is 1.15 bits per heavy atom. The molecule has 1 amide bonds. The fourth-order valence-electron chi connectivity index (χ4n) is 3.48. The van der Waals surface area contributed by atoms with Crippen LogP contribution in [0.4, 0.5) is 5.69 Å². The van der Waals surface area contributed by atoms with Crippen molar-refractivity contribution in [2.75, 3.05) is 31.6 Å². The second-order valence-corrected chi connectivity index (χ2v) is 7.94. The molecule has 0 radical (unpaired) electrons. The average molecular weight is 355 g/mol. The van der Waals surface area contributed by atoms with E-state index in [1.54, 1.807) is 7.11 Å². The number of carbonyl (C=O) groups excluding carboxylic acids is 1. The molecule has 0 saturated carbocycles. The Balaban J connectivity index is 1.73. The molecule has 1 aliphatic rings. The van der Waals surface area contributed by atoms with Gasteiger partial charge < -0.3 is 19.1 Å². The van der Waals surface area contributed by atoms with Gasteiger partial charge in [0, 0.05) is 43.6 Å². The predicted octanol–water partition coefficient (Wildman–Crippen LogP) is 3.60. The zero-order valence-corrected chi connectivity index (χ0v) is 16.4. The van der Waals surface area contributed by atoms with Crippen LogP contribution in [0.5, 0.6) is 5.75 Å². The Hall–Kier alpha value is -2.43. The second-order valence-electron chi connectivity index (χ2n) is 7.94. The predicted molar refractivity (Wildman–Crippen MR) is 105 cm³/mol. The van der Waals surface area contributed by atoms with Crippen LogP contribution in [0, 0.1) is 0 Å². The Morgan fingerprint density at radius 2 is 1.88 bits per heavy atom. The Bertz CT molecular complexity index is 776. The molecular weight excluding hydrogens is 326 g/mol. The van der Waals surface area contributed by atoms with Crippen molar-refractivity contribution < 1.29 is 9.53 Å². The van der Waals surface area contributed by atoms with Gasteiger partial charge in [-0.25, -0.2) is 0 Å². The number of hydrogen-bond acceptors (Lipinski definition) is 3. The summed E-state index contributed by atoms with van der Waals surface area (Å²) in [7, 11) is 1.70. The Kier molecular flexibility index (Phi) is 4.99. The van der Waals surface area contributed by atoms with Crippen molar-refractivity contribution in [1.29, 1.82) is 0 Å². The number of rotatable bonds is 3. The highest BCUT2D eigenvalue weighted by Crippen LogP contribution is 2.30. The van der Waals surface area contributed by atoms with E-state index < -0.39 is 0 Å². The number of para-hydroxylation sites is 2. The van der Waals surface area contributed by atoms with Crippen molar-refractivity contribution in [1.82, 2.24) is 9.47 Å². The van der Waals surface area contributed by atoms with Crippen molar-refractivity contribution in [3.63, 3.8) is 0 Å². The average Bonchev–Trinajstić information content (AvgIpc) is 3.11.